The molecule has 0 heterocycles. The number of likely N-dealkylation sites (N-methyl/N-ethyl adjacent to an activating group) is 1. The fourth-order valence-corrected chi connectivity index (χ4v) is 4.09. The molecule has 2 unspecified atom stereocenters. The van der Waals surface area contributed by atoms with E-state index in [-0.39, 0.29) is 25.3 Å². The number of nitrogens with one attached hydrogen (secondary N) is 2. The van der Waals surface area contributed by atoms with Gasteiger partial charge >= 0.3 is 12.1 Å². The van der Waals surface area contributed by atoms with E-state index in [0.29, 0.717) is 11.1 Å². The Morgan fingerprint density at radius 3 is 2.21 bits per heavy atom. The van der Waals surface area contributed by atoms with E-state index in [2.05, 4.69) is 15.4 Å². The van der Waals surface area contributed by atoms with Crippen molar-refractivity contribution >= 4 is 23.9 Å². The van der Waals surface area contributed by atoms with Crippen molar-refractivity contribution in [1.29, 1.82) is 0 Å². The molecule has 0 aliphatic rings. The van der Waals surface area contributed by atoms with E-state index in [9.17, 15) is 24.3 Å². The first-order chi connectivity index (χ1) is 18.2. The molecule has 0 aromatic heterocycles. The Morgan fingerprint density at radius 2 is 1.67 bits per heavy atom. The molecule has 39 heavy (non-hydrogen) atoms. The Morgan fingerprint density at radius 1 is 1.03 bits per heavy atom. The molecule has 3 amide bonds. The van der Waals surface area contributed by atoms with Gasteiger partial charge in [-0.2, -0.15) is 0 Å². The summed E-state index contributed by atoms with van der Waals surface area (Å²) in [5.74, 6) is -1.65. The summed E-state index contributed by atoms with van der Waals surface area (Å²) >= 11 is 0. The second-order valence-electron chi connectivity index (χ2n) is 10.3. The number of phenols is 1. The van der Waals surface area contributed by atoms with Crippen LogP contribution in [0.1, 0.15) is 56.0 Å². The van der Waals surface area contributed by atoms with Crippen LogP contribution in [-0.2, 0) is 30.3 Å². The number of methoxy groups -OCH3 is 1. The second-order valence-corrected chi connectivity index (χ2v) is 10.3. The van der Waals surface area contributed by atoms with Crippen molar-refractivity contribution in [2.75, 3.05) is 20.2 Å². The van der Waals surface area contributed by atoms with E-state index in [1.165, 1.54) is 24.1 Å². The van der Waals surface area contributed by atoms with E-state index >= 15 is 0 Å². The van der Waals surface area contributed by atoms with Gasteiger partial charge in [0.25, 0.3) is 0 Å². The summed E-state index contributed by atoms with van der Waals surface area (Å²) in [6.07, 6.45) is -0.702. The van der Waals surface area contributed by atoms with Crippen molar-refractivity contribution in [3.8, 4) is 5.75 Å². The maximum Gasteiger partial charge on any atom is 0.408 e. The lowest BCUT2D eigenvalue weighted by Crippen LogP contribution is -2.54. The maximum atomic E-state index is 14.1. The quantitative estimate of drug-likeness (QED) is 0.393. The van der Waals surface area contributed by atoms with Gasteiger partial charge in [-0.15, -0.1) is 0 Å². The Kier molecular flexibility index (Phi) is 10.9. The van der Waals surface area contributed by atoms with E-state index in [0.717, 1.165) is 11.1 Å². The molecule has 2 aromatic carbocycles. The normalized spacial score (nSPS) is 12.6. The van der Waals surface area contributed by atoms with Gasteiger partial charge in [0, 0.05) is 13.0 Å². The van der Waals surface area contributed by atoms with Crippen LogP contribution in [0.3, 0.4) is 0 Å². The minimum absolute atomic E-state index is 0.0640. The van der Waals surface area contributed by atoms with E-state index in [4.69, 9.17) is 4.74 Å². The number of alkyl carbamates (subject to hydrolysis) is 1. The average molecular weight is 542 g/mol. The van der Waals surface area contributed by atoms with E-state index in [1.807, 2.05) is 26.0 Å². The first-order valence-electron chi connectivity index (χ1n) is 12.7. The molecule has 2 aromatic rings. The molecule has 0 aliphatic heterocycles. The summed E-state index contributed by atoms with van der Waals surface area (Å²) in [6, 6.07) is 9.61. The van der Waals surface area contributed by atoms with Gasteiger partial charge in [0.15, 0.2) is 0 Å². The average Bonchev–Trinajstić information content (AvgIpc) is 2.85. The number of phenolic OH excluding ortho intramolecular Hbond substituents is 1. The Hall–Kier alpha value is -4.08. The van der Waals surface area contributed by atoms with E-state index in [1.54, 1.807) is 45.9 Å². The Bertz CT molecular complexity index is 1170. The third kappa shape index (κ3) is 9.31. The highest BCUT2D eigenvalue weighted by Crippen LogP contribution is 2.27. The van der Waals surface area contributed by atoms with Crippen LogP contribution in [0, 0.1) is 13.8 Å². The highest BCUT2D eigenvalue weighted by Gasteiger charge is 2.36. The van der Waals surface area contributed by atoms with Crippen molar-refractivity contribution in [3.05, 3.63) is 64.7 Å². The van der Waals surface area contributed by atoms with Crippen molar-refractivity contribution in [2.24, 2.45) is 0 Å². The molecule has 10 nitrogen and oxygen atoms in total. The zero-order chi connectivity index (χ0) is 29.3. The van der Waals surface area contributed by atoms with Crippen LogP contribution in [-0.4, -0.2) is 65.7 Å². The van der Waals surface area contributed by atoms with Gasteiger partial charge in [0.05, 0.1) is 7.11 Å². The summed E-state index contributed by atoms with van der Waals surface area (Å²) in [5, 5.41) is 14.9. The molecule has 0 saturated carbocycles. The van der Waals surface area contributed by atoms with Crippen molar-refractivity contribution in [1.82, 2.24) is 15.5 Å². The van der Waals surface area contributed by atoms with E-state index < -0.39 is 41.6 Å². The summed E-state index contributed by atoms with van der Waals surface area (Å²) < 4.78 is 10.0. The summed E-state index contributed by atoms with van der Waals surface area (Å²) in [4.78, 5) is 53.4. The molecular formula is C29H39N3O7. The zero-order valence-electron chi connectivity index (χ0n) is 23.7. The van der Waals surface area contributed by atoms with Crippen LogP contribution in [0.4, 0.5) is 4.79 Å². The van der Waals surface area contributed by atoms with Gasteiger partial charge in [-0.1, -0.05) is 35.9 Å². The Labute approximate surface area is 229 Å². The minimum atomic E-state index is -1.09. The van der Waals surface area contributed by atoms with Gasteiger partial charge < -0.3 is 30.1 Å². The molecule has 0 spiro atoms. The van der Waals surface area contributed by atoms with Gasteiger partial charge in [-0.25, -0.2) is 4.79 Å². The molecule has 0 aliphatic carbocycles. The fraction of sp³-hybridized carbons (Fsp3) is 0.448. The number of amides is 3. The third-order valence-electron chi connectivity index (χ3n) is 5.90. The highest BCUT2D eigenvalue weighted by atomic mass is 16.6. The van der Waals surface area contributed by atoms with Gasteiger partial charge in [-0.05, 0) is 70.4 Å². The number of hydrogen-bond donors (Lipinski definition) is 3. The fourth-order valence-electron chi connectivity index (χ4n) is 4.09. The zero-order valence-corrected chi connectivity index (χ0v) is 23.7. The number of aryl methyl sites for hydroxylation is 2. The first kappa shape index (κ1) is 31.1. The lowest BCUT2D eigenvalue weighted by molar-refractivity contribution is -0.144. The topological polar surface area (TPSA) is 134 Å². The predicted octanol–water partition coefficient (Wildman–Crippen LogP) is 3.32. The number of ether oxygens (including phenoxy) is 2. The van der Waals surface area contributed by atoms with Gasteiger partial charge in [0.1, 0.15) is 30.0 Å². The molecule has 212 valence electrons. The molecule has 2 atom stereocenters. The Balaban J connectivity index is 2.51. The number of carbonyl (C=O) groups excluding carboxylic acids is 4. The number of aromatic hydroxyl groups is 1. The van der Waals surface area contributed by atoms with Crippen LogP contribution in [0.15, 0.2) is 42.5 Å². The maximum absolute atomic E-state index is 14.1. The standard InChI is InChI=1S/C29H39N3O7/c1-8-32(25(26(35)30-17-24(34)38-7)22-14-9-18(2)15-19(22)3)27(36)23(31-28(37)39-29(4,5)6)16-20-10-12-21(33)13-11-20/h9-15,23,25,33H,8,16-17H2,1-7H3,(H,30,35)(H,31,37). The monoisotopic (exact) mass is 541 g/mol. The second kappa shape index (κ2) is 13.6. The summed E-state index contributed by atoms with van der Waals surface area (Å²) in [6.45, 7) is 10.4. The third-order valence-corrected chi connectivity index (χ3v) is 5.90. The van der Waals surface area contributed by atoms with Crippen LogP contribution >= 0.6 is 0 Å². The molecule has 0 fully saturated rings. The summed E-state index contributed by atoms with van der Waals surface area (Å²) in [7, 11) is 1.22. The van der Waals surface area contributed by atoms with Gasteiger partial charge in [0.2, 0.25) is 11.8 Å². The number of benzene rings is 2. The molecule has 0 radical (unpaired) electrons. The van der Waals surface area contributed by atoms with Crippen molar-refractivity contribution < 1.29 is 33.8 Å². The molecular weight excluding hydrogens is 502 g/mol. The predicted molar refractivity (Wildman–Crippen MR) is 146 cm³/mol. The number of carbonyl (C=O) groups is 4. The SMILES string of the molecule is CCN(C(=O)C(Cc1ccc(O)cc1)NC(=O)OC(C)(C)C)C(C(=O)NCC(=O)OC)c1ccc(C)cc1C. The number of rotatable bonds is 10. The van der Waals surface area contributed by atoms with Crippen molar-refractivity contribution in [3.63, 3.8) is 0 Å². The molecule has 10 heteroatoms. The largest absolute Gasteiger partial charge is 0.508 e. The number of esters is 1. The molecule has 2 rings (SSSR count). The van der Waals surface area contributed by atoms with Crippen LogP contribution in [0.25, 0.3) is 0 Å². The first-order valence-corrected chi connectivity index (χ1v) is 12.7. The number of nitrogens with zero attached hydrogens (tertiary/aromatic N) is 1. The smallest absolute Gasteiger partial charge is 0.408 e. The van der Waals surface area contributed by atoms with Crippen LogP contribution in [0.5, 0.6) is 5.75 Å². The molecule has 0 bridgehead atoms. The minimum Gasteiger partial charge on any atom is -0.508 e. The van der Waals surface area contributed by atoms with Gasteiger partial charge in [-0.3, -0.25) is 14.4 Å². The lowest BCUT2D eigenvalue weighted by Gasteiger charge is -2.34. The molecule has 3 N–H and O–H groups in total. The molecule has 0 saturated heterocycles. The lowest BCUT2D eigenvalue weighted by atomic mass is 9.96. The highest BCUT2D eigenvalue weighted by molar-refractivity contribution is 5.93. The van der Waals surface area contributed by atoms with Crippen molar-refractivity contribution in [2.45, 2.75) is 65.6 Å². The van der Waals surface area contributed by atoms with Crippen LogP contribution < -0.4 is 10.6 Å². The van der Waals surface area contributed by atoms with Crippen LogP contribution in [0.2, 0.25) is 0 Å². The summed E-state index contributed by atoms with van der Waals surface area (Å²) in [5.41, 5.74) is 2.23. The number of hydrogen-bond acceptors (Lipinski definition) is 7.